The first-order chi connectivity index (χ1) is 16.8. The van der Waals surface area contributed by atoms with E-state index in [0.717, 1.165) is 0 Å². The Morgan fingerprint density at radius 3 is 2.23 bits per heavy atom. The number of nitrogens with one attached hydrogen (secondary N) is 3. The van der Waals surface area contributed by atoms with Crippen molar-refractivity contribution in [2.75, 3.05) is 31.3 Å². The molecule has 3 N–H and O–H groups in total. The summed E-state index contributed by atoms with van der Waals surface area (Å²) >= 11 is 6.21. The van der Waals surface area contributed by atoms with Gasteiger partial charge in [-0.25, -0.2) is 0 Å². The second kappa shape index (κ2) is 11.2. The molecule has 0 aliphatic carbocycles. The average Bonchev–Trinajstić information content (AvgIpc) is 2.88. The lowest BCUT2D eigenvalue weighted by molar-refractivity contribution is 0.102. The van der Waals surface area contributed by atoms with Crippen molar-refractivity contribution in [1.29, 1.82) is 5.41 Å². The van der Waals surface area contributed by atoms with E-state index in [1.54, 1.807) is 53.4 Å². The third-order valence-electron chi connectivity index (χ3n) is 5.36. The third-order valence-corrected chi connectivity index (χ3v) is 5.57. The summed E-state index contributed by atoms with van der Waals surface area (Å²) in [5, 5.41) is 14.0. The summed E-state index contributed by atoms with van der Waals surface area (Å²) in [7, 11) is 3.25. The van der Waals surface area contributed by atoms with Gasteiger partial charge in [0.2, 0.25) is 0 Å². The molecule has 0 fully saturated rings. The largest absolute Gasteiger partial charge is 0.494 e. The minimum absolute atomic E-state index is 0.131. The molecule has 0 atom stereocenters. The van der Waals surface area contributed by atoms with Crippen molar-refractivity contribution < 1.29 is 14.3 Å². The molecule has 0 radical (unpaired) electrons. The summed E-state index contributed by atoms with van der Waals surface area (Å²) in [5.41, 5.74) is 2.57. The number of benzene rings is 3. The van der Waals surface area contributed by atoms with Gasteiger partial charge in [-0.15, -0.1) is 6.42 Å². The van der Waals surface area contributed by atoms with Gasteiger partial charge in [0.15, 0.2) is 0 Å². The lowest BCUT2D eigenvalue weighted by Gasteiger charge is -2.18. The van der Waals surface area contributed by atoms with Crippen LogP contribution >= 0.6 is 11.6 Å². The molecule has 0 aliphatic heterocycles. The summed E-state index contributed by atoms with van der Waals surface area (Å²) in [6.07, 6.45) is 5.38. The molecule has 3 aromatic carbocycles. The van der Waals surface area contributed by atoms with Crippen LogP contribution in [0.25, 0.3) is 0 Å². The number of terminal acetylenes is 1. The fourth-order valence-electron chi connectivity index (χ4n) is 3.24. The quantitative estimate of drug-likeness (QED) is 0.244. The maximum atomic E-state index is 13.1. The Kier molecular flexibility index (Phi) is 8.13. The first-order valence-electron chi connectivity index (χ1n) is 10.7. The van der Waals surface area contributed by atoms with Crippen LogP contribution in [-0.4, -0.2) is 43.3 Å². The Bertz CT molecular complexity index is 1300. The Balaban J connectivity index is 1.88. The number of methoxy groups -OCH3 is 1. The van der Waals surface area contributed by atoms with Crippen molar-refractivity contribution in [1.82, 2.24) is 4.90 Å². The summed E-state index contributed by atoms with van der Waals surface area (Å²) in [4.78, 5) is 27.9. The molecule has 8 heteroatoms. The molecular formula is C27H25ClN4O3. The van der Waals surface area contributed by atoms with E-state index < -0.39 is 11.8 Å². The van der Waals surface area contributed by atoms with Gasteiger partial charge in [-0.2, -0.15) is 0 Å². The van der Waals surface area contributed by atoms with Crippen molar-refractivity contribution >= 4 is 40.6 Å². The number of nitrogens with zero attached hydrogens (tertiary/aromatic N) is 1. The van der Waals surface area contributed by atoms with E-state index in [0.29, 0.717) is 34.8 Å². The summed E-state index contributed by atoms with van der Waals surface area (Å²) in [5.74, 6) is 2.18. The van der Waals surface area contributed by atoms with Gasteiger partial charge in [0.05, 0.1) is 18.4 Å². The molecule has 35 heavy (non-hydrogen) atoms. The topological polar surface area (TPSA) is 94.5 Å². The highest BCUT2D eigenvalue weighted by atomic mass is 35.5. The Hall–Kier alpha value is -4.28. The second-order valence-electron chi connectivity index (χ2n) is 7.60. The van der Waals surface area contributed by atoms with Gasteiger partial charge in [0, 0.05) is 47.1 Å². The fourth-order valence-corrected chi connectivity index (χ4v) is 3.45. The number of amidine groups is 1. The van der Waals surface area contributed by atoms with Crippen molar-refractivity contribution in [2.45, 2.75) is 6.92 Å². The predicted octanol–water partition coefficient (Wildman–Crippen LogP) is 5.11. The standard InChI is InChI=1S/C27H25ClN4O3/c1-5-17-7-13-21(14-8-17)30-27(34)22-15-20(28)16-23(35-4)24(22)31-26(33)19-11-9-18(10-12-19)25(29)32(3)6-2/h1,7-16,29H,6H2,2-4H3,(H,30,34)(H,31,33). The van der Waals surface area contributed by atoms with Gasteiger partial charge < -0.3 is 20.3 Å². The number of hydrogen-bond acceptors (Lipinski definition) is 4. The molecule has 0 unspecified atom stereocenters. The van der Waals surface area contributed by atoms with Crippen LogP contribution in [0.1, 0.15) is 38.8 Å². The SMILES string of the molecule is C#Cc1ccc(NC(=O)c2cc(Cl)cc(OC)c2NC(=O)c2ccc(C(=N)N(C)CC)cc2)cc1. The molecule has 0 saturated heterocycles. The van der Waals surface area contributed by atoms with E-state index in [1.807, 2.05) is 14.0 Å². The molecule has 0 saturated carbocycles. The highest BCUT2D eigenvalue weighted by Gasteiger charge is 2.21. The Labute approximate surface area is 209 Å². The zero-order valence-electron chi connectivity index (χ0n) is 19.6. The van der Waals surface area contributed by atoms with Crippen LogP contribution in [0.3, 0.4) is 0 Å². The van der Waals surface area contributed by atoms with Crippen LogP contribution in [0.4, 0.5) is 11.4 Å². The zero-order valence-corrected chi connectivity index (χ0v) is 20.4. The molecule has 178 valence electrons. The molecule has 0 spiro atoms. The highest BCUT2D eigenvalue weighted by Crippen LogP contribution is 2.33. The number of carbonyl (C=O) groups is 2. The second-order valence-corrected chi connectivity index (χ2v) is 8.04. The van der Waals surface area contributed by atoms with Crippen LogP contribution in [0.2, 0.25) is 5.02 Å². The molecule has 0 heterocycles. The number of ether oxygens (including phenoxy) is 1. The maximum absolute atomic E-state index is 13.1. The van der Waals surface area contributed by atoms with Crippen molar-refractivity contribution in [3.63, 3.8) is 0 Å². The maximum Gasteiger partial charge on any atom is 0.257 e. The van der Waals surface area contributed by atoms with E-state index in [-0.39, 0.29) is 22.0 Å². The van der Waals surface area contributed by atoms with E-state index in [2.05, 4.69) is 16.6 Å². The van der Waals surface area contributed by atoms with Crippen molar-refractivity contribution in [3.8, 4) is 18.1 Å². The van der Waals surface area contributed by atoms with Crippen molar-refractivity contribution in [3.05, 3.63) is 87.9 Å². The zero-order chi connectivity index (χ0) is 25.5. The molecule has 0 bridgehead atoms. The molecular weight excluding hydrogens is 464 g/mol. The van der Waals surface area contributed by atoms with Crippen LogP contribution < -0.4 is 15.4 Å². The summed E-state index contributed by atoms with van der Waals surface area (Å²) < 4.78 is 5.39. The number of rotatable bonds is 7. The number of amides is 2. The predicted molar refractivity (Wildman–Crippen MR) is 140 cm³/mol. The van der Waals surface area contributed by atoms with Gasteiger partial charge in [-0.05, 0) is 49.4 Å². The number of halogens is 1. The van der Waals surface area contributed by atoms with E-state index in [1.165, 1.54) is 19.2 Å². The minimum Gasteiger partial charge on any atom is -0.494 e. The van der Waals surface area contributed by atoms with Crippen LogP contribution in [0.5, 0.6) is 5.75 Å². The molecule has 0 aromatic heterocycles. The molecule has 0 aliphatic rings. The van der Waals surface area contributed by atoms with Gasteiger partial charge in [-0.3, -0.25) is 15.0 Å². The van der Waals surface area contributed by atoms with Crippen LogP contribution in [-0.2, 0) is 0 Å². The number of anilines is 2. The molecule has 7 nitrogen and oxygen atoms in total. The van der Waals surface area contributed by atoms with Gasteiger partial charge in [0.25, 0.3) is 11.8 Å². The lowest BCUT2D eigenvalue weighted by Crippen LogP contribution is -2.26. The number of hydrogen-bond donors (Lipinski definition) is 3. The minimum atomic E-state index is -0.485. The Morgan fingerprint density at radius 2 is 1.66 bits per heavy atom. The number of carbonyl (C=O) groups excluding carboxylic acids is 2. The first kappa shape index (κ1) is 25.3. The van der Waals surface area contributed by atoms with Crippen LogP contribution in [0, 0.1) is 17.8 Å². The van der Waals surface area contributed by atoms with Crippen LogP contribution in [0.15, 0.2) is 60.7 Å². The molecule has 2 amide bonds. The molecule has 3 rings (SSSR count). The van der Waals surface area contributed by atoms with E-state index >= 15 is 0 Å². The van der Waals surface area contributed by atoms with E-state index in [4.69, 9.17) is 28.2 Å². The van der Waals surface area contributed by atoms with Crippen molar-refractivity contribution in [2.24, 2.45) is 0 Å². The summed E-state index contributed by atoms with van der Waals surface area (Å²) in [6, 6.07) is 16.4. The van der Waals surface area contributed by atoms with Gasteiger partial charge >= 0.3 is 0 Å². The van der Waals surface area contributed by atoms with E-state index in [9.17, 15) is 9.59 Å². The third kappa shape index (κ3) is 5.99. The summed E-state index contributed by atoms with van der Waals surface area (Å²) in [6.45, 7) is 2.65. The smallest absolute Gasteiger partial charge is 0.257 e. The highest BCUT2D eigenvalue weighted by molar-refractivity contribution is 6.31. The van der Waals surface area contributed by atoms with Gasteiger partial charge in [0.1, 0.15) is 11.6 Å². The Morgan fingerprint density at radius 1 is 1.03 bits per heavy atom. The monoisotopic (exact) mass is 488 g/mol. The fraction of sp³-hybridized carbons (Fsp3) is 0.148. The normalized spacial score (nSPS) is 10.1. The molecule has 3 aromatic rings. The van der Waals surface area contributed by atoms with Gasteiger partial charge in [-0.1, -0.05) is 29.7 Å². The lowest BCUT2D eigenvalue weighted by atomic mass is 10.1. The average molecular weight is 489 g/mol. The first-order valence-corrected chi connectivity index (χ1v) is 11.1.